The largest absolute Gasteiger partial charge is 0.455 e. The number of ketones is 1. The number of benzene rings is 1. The summed E-state index contributed by atoms with van der Waals surface area (Å²) >= 11 is 0. The average Bonchev–Trinajstić information content (AvgIpc) is 2.67. The number of hydrogen-bond donors (Lipinski definition) is 2. The topological polar surface area (TPSA) is 102 Å². The maximum atomic E-state index is 13.1. The van der Waals surface area contributed by atoms with Crippen molar-refractivity contribution in [3.05, 3.63) is 29.8 Å². The van der Waals surface area contributed by atoms with Gasteiger partial charge in [-0.2, -0.15) is 0 Å². The molecule has 2 saturated carbocycles. The van der Waals surface area contributed by atoms with E-state index in [4.69, 9.17) is 4.74 Å². The molecule has 3 rings (SSSR count). The lowest BCUT2D eigenvalue weighted by molar-refractivity contribution is -0.156. The Balaban J connectivity index is 1.38. The molecular weight excluding hydrogens is 386 g/mol. The van der Waals surface area contributed by atoms with Gasteiger partial charge in [-0.1, -0.05) is 6.42 Å². The minimum absolute atomic E-state index is 0.0481. The smallest absolute Gasteiger partial charge is 0.309 e. The highest BCUT2D eigenvalue weighted by atomic mass is 19.2. The Hall–Kier alpha value is -2.84. The fourth-order valence-electron chi connectivity index (χ4n) is 3.94. The lowest BCUT2D eigenvalue weighted by atomic mass is 9.67. The van der Waals surface area contributed by atoms with Gasteiger partial charge in [-0.25, -0.2) is 8.78 Å². The van der Waals surface area contributed by atoms with E-state index in [1.807, 2.05) is 0 Å². The van der Waals surface area contributed by atoms with E-state index < -0.39 is 42.6 Å². The van der Waals surface area contributed by atoms with E-state index in [1.54, 1.807) is 0 Å². The van der Waals surface area contributed by atoms with Gasteiger partial charge in [-0.05, 0) is 37.8 Å². The minimum atomic E-state index is -1.10. The number of carbonyl (C=O) groups is 4. The Bertz CT molecular complexity index is 813. The van der Waals surface area contributed by atoms with Crippen LogP contribution in [0.4, 0.5) is 14.5 Å². The lowest BCUT2D eigenvalue weighted by Crippen LogP contribution is -2.40. The predicted molar refractivity (Wildman–Crippen MR) is 97.5 cm³/mol. The molecule has 0 spiro atoms. The molecule has 0 aliphatic heterocycles. The summed E-state index contributed by atoms with van der Waals surface area (Å²) in [6, 6.07) is 2.88. The van der Waals surface area contributed by atoms with Crippen LogP contribution in [0, 0.1) is 29.4 Å². The van der Waals surface area contributed by atoms with Crippen molar-refractivity contribution in [2.45, 2.75) is 32.1 Å². The van der Waals surface area contributed by atoms with Gasteiger partial charge in [0.25, 0.3) is 5.91 Å². The second-order valence-corrected chi connectivity index (χ2v) is 7.46. The Labute approximate surface area is 166 Å². The zero-order valence-corrected chi connectivity index (χ0v) is 15.7. The number of halogens is 2. The maximum Gasteiger partial charge on any atom is 0.309 e. The maximum absolute atomic E-state index is 13.1. The summed E-state index contributed by atoms with van der Waals surface area (Å²) < 4.78 is 31.0. The number of Topliss-reactive ketones (excluding diaryl/α,β-unsaturated/α-hetero) is 1. The summed E-state index contributed by atoms with van der Waals surface area (Å²) in [5, 5.41) is 4.59. The van der Waals surface area contributed by atoms with E-state index in [0.717, 1.165) is 31.4 Å². The Kier molecular flexibility index (Phi) is 6.56. The molecule has 2 aliphatic carbocycles. The Morgan fingerprint density at radius 2 is 1.72 bits per heavy atom. The molecule has 0 heterocycles. The van der Waals surface area contributed by atoms with Crippen molar-refractivity contribution in [3.63, 3.8) is 0 Å². The third-order valence-electron chi connectivity index (χ3n) is 5.38. The van der Waals surface area contributed by atoms with Crippen molar-refractivity contribution in [3.8, 4) is 0 Å². The Morgan fingerprint density at radius 1 is 1.03 bits per heavy atom. The number of esters is 1. The minimum Gasteiger partial charge on any atom is -0.455 e. The summed E-state index contributed by atoms with van der Waals surface area (Å²) in [6.07, 6.45) is 3.52. The molecule has 29 heavy (non-hydrogen) atoms. The number of fused-ring (bicyclic) bond motifs is 2. The zero-order valence-electron chi connectivity index (χ0n) is 15.7. The van der Waals surface area contributed by atoms with Gasteiger partial charge in [0.05, 0.1) is 12.5 Å². The zero-order chi connectivity index (χ0) is 21.0. The van der Waals surface area contributed by atoms with Crippen molar-refractivity contribution in [2.24, 2.45) is 17.8 Å². The first-order valence-electron chi connectivity index (χ1n) is 9.55. The van der Waals surface area contributed by atoms with Crippen LogP contribution in [0.1, 0.15) is 32.1 Å². The monoisotopic (exact) mass is 408 g/mol. The second kappa shape index (κ2) is 9.11. The van der Waals surface area contributed by atoms with Crippen molar-refractivity contribution in [1.29, 1.82) is 0 Å². The van der Waals surface area contributed by atoms with Crippen LogP contribution < -0.4 is 10.6 Å². The molecule has 9 heteroatoms. The van der Waals surface area contributed by atoms with Crippen LogP contribution in [0.3, 0.4) is 0 Å². The standard InChI is InChI=1S/C20H22F2N2O5/c21-15-5-4-14(8-16(15)22)24-17(25)9-23-18(26)10-29-20(28)13-6-11-2-1-3-12(7-13)19(11)27/h4-5,8,11-13H,1-3,6-7,9-10H2,(H,23,26)(H,24,25)/t11-,12+,13?. The third kappa shape index (κ3) is 5.36. The van der Waals surface area contributed by atoms with E-state index in [-0.39, 0.29) is 29.2 Å². The summed E-state index contributed by atoms with van der Waals surface area (Å²) in [6.45, 7) is -0.950. The van der Waals surface area contributed by atoms with Gasteiger partial charge in [-0.15, -0.1) is 0 Å². The van der Waals surface area contributed by atoms with Crippen molar-refractivity contribution in [1.82, 2.24) is 5.32 Å². The number of carbonyl (C=O) groups excluding carboxylic acids is 4. The molecule has 156 valence electrons. The van der Waals surface area contributed by atoms with Crippen molar-refractivity contribution >= 4 is 29.3 Å². The predicted octanol–water partition coefficient (Wildman–Crippen LogP) is 1.96. The van der Waals surface area contributed by atoms with E-state index in [2.05, 4.69) is 10.6 Å². The molecule has 2 N–H and O–H groups in total. The van der Waals surface area contributed by atoms with E-state index >= 15 is 0 Å². The second-order valence-electron chi connectivity index (χ2n) is 7.46. The average molecular weight is 408 g/mol. The summed E-state index contributed by atoms with van der Waals surface area (Å²) in [4.78, 5) is 47.8. The van der Waals surface area contributed by atoms with Gasteiger partial charge < -0.3 is 15.4 Å². The van der Waals surface area contributed by atoms with Crippen LogP contribution in [0.2, 0.25) is 0 Å². The van der Waals surface area contributed by atoms with Crippen LogP contribution in [-0.4, -0.2) is 36.7 Å². The van der Waals surface area contributed by atoms with E-state index in [0.29, 0.717) is 12.8 Å². The number of anilines is 1. The first-order valence-corrected chi connectivity index (χ1v) is 9.55. The fraction of sp³-hybridized carbons (Fsp3) is 0.500. The van der Waals surface area contributed by atoms with Gasteiger partial charge >= 0.3 is 5.97 Å². The van der Waals surface area contributed by atoms with Crippen molar-refractivity contribution in [2.75, 3.05) is 18.5 Å². The van der Waals surface area contributed by atoms with Crippen molar-refractivity contribution < 1.29 is 32.7 Å². The molecule has 2 amide bonds. The van der Waals surface area contributed by atoms with Crippen LogP contribution in [0.5, 0.6) is 0 Å². The molecule has 1 aromatic rings. The molecule has 7 nitrogen and oxygen atoms in total. The summed E-state index contributed by atoms with van der Waals surface area (Å²) in [7, 11) is 0. The quantitative estimate of drug-likeness (QED) is 0.701. The highest BCUT2D eigenvalue weighted by Gasteiger charge is 2.41. The van der Waals surface area contributed by atoms with Gasteiger partial charge in [0.15, 0.2) is 18.2 Å². The molecule has 1 unspecified atom stereocenters. The summed E-state index contributed by atoms with van der Waals surface area (Å²) in [5.41, 5.74) is 0.0481. The van der Waals surface area contributed by atoms with Gasteiger partial charge in [0, 0.05) is 23.6 Å². The van der Waals surface area contributed by atoms with Gasteiger partial charge in [0.2, 0.25) is 5.91 Å². The SMILES string of the molecule is O=C(COC(=O)C1C[C@H]2CCC[C@@H](C1)C2=O)NCC(=O)Nc1ccc(F)c(F)c1. The first-order chi connectivity index (χ1) is 13.8. The third-order valence-corrected chi connectivity index (χ3v) is 5.38. The number of ether oxygens (including phenoxy) is 1. The molecule has 1 aromatic carbocycles. The van der Waals surface area contributed by atoms with Gasteiger partial charge in [0.1, 0.15) is 5.78 Å². The molecule has 2 fully saturated rings. The molecular formula is C20H22F2N2O5. The molecule has 2 aliphatic rings. The first kappa shape index (κ1) is 20.9. The highest BCUT2D eigenvalue weighted by Crippen LogP contribution is 2.40. The number of nitrogens with one attached hydrogen (secondary N) is 2. The Morgan fingerprint density at radius 3 is 2.38 bits per heavy atom. The molecule has 0 aromatic heterocycles. The fourth-order valence-corrected chi connectivity index (χ4v) is 3.94. The van der Waals surface area contributed by atoms with Crippen LogP contribution in [-0.2, 0) is 23.9 Å². The van der Waals surface area contributed by atoms with Crippen LogP contribution in [0.25, 0.3) is 0 Å². The van der Waals surface area contributed by atoms with Crippen LogP contribution >= 0.6 is 0 Å². The van der Waals surface area contributed by atoms with E-state index in [9.17, 15) is 28.0 Å². The molecule has 0 radical (unpaired) electrons. The normalized spacial score (nSPS) is 23.2. The number of hydrogen-bond acceptors (Lipinski definition) is 5. The molecule has 2 bridgehead atoms. The molecule has 3 atom stereocenters. The van der Waals surface area contributed by atoms with Gasteiger partial charge in [-0.3, -0.25) is 19.2 Å². The molecule has 0 saturated heterocycles. The highest BCUT2D eigenvalue weighted by molar-refractivity contribution is 5.95. The number of amides is 2. The van der Waals surface area contributed by atoms with Crippen LogP contribution in [0.15, 0.2) is 18.2 Å². The summed E-state index contributed by atoms with van der Waals surface area (Å²) in [5.74, 6) is -4.27. The van der Waals surface area contributed by atoms with E-state index in [1.165, 1.54) is 6.07 Å². The lowest BCUT2D eigenvalue weighted by Gasteiger charge is -2.36. The number of rotatable bonds is 6.